The molecule has 0 aromatic carbocycles. The van der Waals surface area contributed by atoms with Crippen molar-refractivity contribution >= 4 is 12.0 Å². The number of hydrogen-bond acceptors (Lipinski definition) is 2. The Morgan fingerprint density at radius 3 is 2.58 bits per heavy atom. The molecule has 5 nitrogen and oxygen atoms in total. The van der Waals surface area contributed by atoms with Gasteiger partial charge in [0.1, 0.15) is 0 Å². The van der Waals surface area contributed by atoms with Crippen molar-refractivity contribution in [2.24, 2.45) is 11.8 Å². The number of carboxylic acids is 1. The highest BCUT2D eigenvalue weighted by Gasteiger charge is 2.24. The third-order valence-corrected chi connectivity index (χ3v) is 3.97. The second-order valence-corrected chi connectivity index (χ2v) is 5.77. The number of hydrogen-bond donors (Lipinski definition) is 1. The Morgan fingerprint density at radius 2 is 2.00 bits per heavy atom. The molecule has 0 bridgehead atoms. The van der Waals surface area contributed by atoms with E-state index in [0.29, 0.717) is 11.8 Å². The minimum atomic E-state index is -0.865. The molecule has 0 saturated carbocycles. The van der Waals surface area contributed by atoms with Crippen molar-refractivity contribution in [1.82, 2.24) is 9.80 Å². The topological polar surface area (TPSA) is 60.9 Å². The van der Waals surface area contributed by atoms with Crippen molar-refractivity contribution in [2.75, 3.05) is 26.7 Å². The molecule has 0 spiro atoms. The molecule has 0 aromatic rings. The van der Waals surface area contributed by atoms with E-state index in [1.165, 1.54) is 11.3 Å². The van der Waals surface area contributed by atoms with Crippen LogP contribution < -0.4 is 0 Å². The Kier molecular flexibility index (Phi) is 6.12. The van der Waals surface area contributed by atoms with Crippen molar-refractivity contribution in [2.45, 2.75) is 39.5 Å². The first kappa shape index (κ1) is 15.8. The number of aliphatic carboxylic acids is 1. The first-order valence-corrected chi connectivity index (χ1v) is 7.13. The largest absolute Gasteiger partial charge is 0.481 e. The third-order valence-electron chi connectivity index (χ3n) is 3.97. The zero-order valence-corrected chi connectivity index (χ0v) is 12.3. The number of rotatable bonds is 4. The van der Waals surface area contributed by atoms with E-state index in [1.807, 2.05) is 4.90 Å². The summed E-state index contributed by atoms with van der Waals surface area (Å²) in [4.78, 5) is 26.1. The van der Waals surface area contributed by atoms with Crippen LogP contribution in [0.3, 0.4) is 0 Å². The molecule has 110 valence electrons. The van der Waals surface area contributed by atoms with Crippen LogP contribution in [-0.4, -0.2) is 53.6 Å². The second kappa shape index (κ2) is 7.36. The second-order valence-electron chi connectivity index (χ2n) is 5.77. The zero-order chi connectivity index (χ0) is 14.4. The Morgan fingerprint density at radius 1 is 1.32 bits per heavy atom. The molecule has 0 aliphatic carbocycles. The fourth-order valence-corrected chi connectivity index (χ4v) is 2.58. The van der Waals surface area contributed by atoms with Gasteiger partial charge in [0.15, 0.2) is 0 Å². The van der Waals surface area contributed by atoms with Gasteiger partial charge in [-0.3, -0.25) is 4.79 Å². The van der Waals surface area contributed by atoms with Gasteiger partial charge in [-0.1, -0.05) is 13.8 Å². The fourth-order valence-electron chi connectivity index (χ4n) is 2.58. The summed E-state index contributed by atoms with van der Waals surface area (Å²) in [5.41, 5.74) is 0. The van der Waals surface area contributed by atoms with Gasteiger partial charge in [0, 0.05) is 26.7 Å². The van der Waals surface area contributed by atoms with E-state index in [-0.39, 0.29) is 19.0 Å². The standard InChI is InChI=1S/C14H26N2O3/c1-11(2)12-5-4-8-16(10-6-12)14(19)15(3)9-7-13(17)18/h11-12H,4-10H2,1-3H3,(H,17,18). The number of urea groups is 1. The van der Waals surface area contributed by atoms with Gasteiger partial charge in [0.2, 0.25) is 0 Å². The lowest BCUT2D eigenvalue weighted by molar-refractivity contribution is -0.137. The van der Waals surface area contributed by atoms with E-state index in [2.05, 4.69) is 13.8 Å². The van der Waals surface area contributed by atoms with Gasteiger partial charge in [0.05, 0.1) is 6.42 Å². The molecule has 1 aliphatic heterocycles. The van der Waals surface area contributed by atoms with Gasteiger partial charge in [0.25, 0.3) is 0 Å². The lowest BCUT2D eigenvalue weighted by atomic mass is 9.89. The normalized spacial score (nSPS) is 20.2. The quantitative estimate of drug-likeness (QED) is 0.852. The molecule has 0 aromatic heterocycles. The number of carboxylic acid groups (broad SMARTS) is 1. The average Bonchev–Trinajstić information content (AvgIpc) is 2.60. The van der Waals surface area contributed by atoms with E-state index in [4.69, 9.17) is 5.11 Å². The molecule has 1 heterocycles. The molecule has 19 heavy (non-hydrogen) atoms. The van der Waals surface area contributed by atoms with E-state index in [9.17, 15) is 9.59 Å². The molecule has 1 atom stereocenters. The Balaban J connectivity index is 2.46. The summed E-state index contributed by atoms with van der Waals surface area (Å²) >= 11 is 0. The van der Waals surface area contributed by atoms with Crippen LogP contribution >= 0.6 is 0 Å². The summed E-state index contributed by atoms with van der Waals surface area (Å²) < 4.78 is 0. The molecule has 1 N–H and O–H groups in total. The van der Waals surface area contributed by atoms with Crippen LogP contribution in [0.4, 0.5) is 4.79 Å². The molecule has 5 heteroatoms. The first-order chi connectivity index (χ1) is 8.91. The van der Waals surface area contributed by atoms with Crippen LogP contribution in [0, 0.1) is 11.8 Å². The number of likely N-dealkylation sites (tertiary alicyclic amines) is 1. The molecule has 1 rings (SSSR count). The van der Waals surface area contributed by atoms with E-state index in [1.54, 1.807) is 7.05 Å². The van der Waals surface area contributed by atoms with Gasteiger partial charge in [-0.05, 0) is 31.1 Å². The van der Waals surface area contributed by atoms with E-state index in [0.717, 1.165) is 25.9 Å². The number of carbonyl (C=O) groups excluding carboxylic acids is 1. The first-order valence-electron chi connectivity index (χ1n) is 7.13. The summed E-state index contributed by atoms with van der Waals surface area (Å²) in [6.45, 7) is 6.33. The highest BCUT2D eigenvalue weighted by Crippen LogP contribution is 2.24. The molecule has 1 unspecified atom stereocenters. The van der Waals surface area contributed by atoms with E-state index < -0.39 is 5.97 Å². The van der Waals surface area contributed by atoms with Gasteiger partial charge < -0.3 is 14.9 Å². The highest BCUT2D eigenvalue weighted by molar-refractivity contribution is 5.75. The van der Waals surface area contributed by atoms with Crippen molar-refractivity contribution in [3.05, 3.63) is 0 Å². The minimum Gasteiger partial charge on any atom is -0.481 e. The average molecular weight is 270 g/mol. The summed E-state index contributed by atoms with van der Waals surface area (Å²) in [6.07, 6.45) is 3.28. The van der Waals surface area contributed by atoms with Gasteiger partial charge in [-0.15, -0.1) is 0 Å². The van der Waals surface area contributed by atoms with Gasteiger partial charge in [-0.25, -0.2) is 4.79 Å². The monoisotopic (exact) mass is 270 g/mol. The van der Waals surface area contributed by atoms with Crippen LogP contribution in [0.15, 0.2) is 0 Å². The summed E-state index contributed by atoms with van der Waals surface area (Å²) in [5.74, 6) is 0.498. The highest BCUT2D eigenvalue weighted by atomic mass is 16.4. The fraction of sp³-hybridized carbons (Fsp3) is 0.857. The minimum absolute atomic E-state index is 0.00466. The van der Waals surface area contributed by atoms with Gasteiger partial charge >= 0.3 is 12.0 Å². The van der Waals surface area contributed by atoms with Crippen molar-refractivity contribution in [3.63, 3.8) is 0 Å². The SMILES string of the molecule is CC(C)C1CCCN(C(=O)N(C)CCC(=O)O)CC1. The smallest absolute Gasteiger partial charge is 0.319 e. The maximum absolute atomic E-state index is 12.2. The molecule has 1 aliphatic rings. The molecular formula is C14H26N2O3. The molecule has 0 radical (unpaired) electrons. The molecule has 1 fully saturated rings. The Bertz CT molecular complexity index is 318. The maximum atomic E-state index is 12.2. The number of amides is 2. The summed E-state index contributed by atoms with van der Waals surface area (Å²) in [7, 11) is 1.68. The molecular weight excluding hydrogens is 244 g/mol. The predicted molar refractivity (Wildman–Crippen MR) is 74.0 cm³/mol. The Labute approximate surface area is 115 Å². The van der Waals surface area contributed by atoms with Gasteiger partial charge in [-0.2, -0.15) is 0 Å². The Hall–Kier alpha value is -1.26. The van der Waals surface area contributed by atoms with Crippen LogP contribution in [0.1, 0.15) is 39.5 Å². The molecule has 2 amide bonds. The van der Waals surface area contributed by atoms with Crippen LogP contribution in [0.2, 0.25) is 0 Å². The van der Waals surface area contributed by atoms with Crippen LogP contribution in [0.5, 0.6) is 0 Å². The van der Waals surface area contributed by atoms with Crippen LogP contribution in [0.25, 0.3) is 0 Å². The molecule has 1 saturated heterocycles. The van der Waals surface area contributed by atoms with Crippen molar-refractivity contribution in [3.8, 4) is 0 Å². The summed E-state index contributed by atoms with van der Waals surface area (Å²) in [6, 6.07) is -0.0364. The lowest BCUT2D eigenvalue weighted by Gasteiger charge is -2.27. The predicted octanol–water partition coefficient (Wildman–Crippen LogP) is 2.27. The van der Waals surface area contributed by atoms with E-state index >= 15 is 0 Å². The number of nitrogens with zero attached hydrogens (tertiary/aromatic N) is 2. The lowest BCUT2D eigenvalue weighted by Crippen LogP contribution is -2.42. The third kappa shape index (κ3) is 5.09. The maximum Gasteiger partial charge on any atom is 0.319 e. The van der Waals surface area contributed by atoms with Crippen molar-refractivity contribution in [1.29, 1.82) is 0 Å². The van der Waals surface area contributed by atoms with Crippen molar-refractivity contribution < 1.29 is 14.7 Å². The number of carbonyl (C=O) groups is 2. The zero-order valence-electron chi connectivity index (χ0n) is 12.3. The summed E-state index contributed by atoms with van der Waals surface area (Å²) in [5, 5.41) is 8.64. The van der Waals surface area contributed by atoms with Crippen LogP contribution in [-0.2, 0) is 4.79 Å².